The van der Waals surface area contributed by atoms with Crippen LogP contribution in [0.3, 0.4) is 0 Å². The van der Waals surface area contributed by atoms with Crippen molar-refractivity contribution in [2.45, 2.75) is 24.8 Å². The molecule has 0 aromatic carbocycles. The minimum absolute atomic E-state index is 0.0108. The van der Waals surface area contributed by atoms with Crippen LogP contribution in [0.15, 0.2) is 12.1 Å². The number of fused-ring (bicyclic) bond motifs is 1. The van der Waals surface area contributed by atoms with Crippen LogP contribution in [0.4, 0.5) is 0 Å². The Morgan fingerprint density at radius 1 is 1.50 bits per heavy atom. The van der Waals surface area contributed by atoms with Gasteiger partial charge in [-0.25, -0.2) is 4.98 Å². The summed E-state index contributed by atoms with van der Waals surface area (Å²) in [6, 6.07) is 3.61. The first-order chi connectivity index (χ1) is 9.60. The van der Waals surface area contributed by atoms with E-state index in [-0.39, 0.29) is 17.3 Å². The van der Waals surface area contributed by atoms with E-state index in [1.54, 1.807) is 13.2 Å². The van der Waals surface area contributed by atoms with Gasteiger partial charge in [-0.1, -0.05) is 0 Å². The molecule has 7 heteroatoms. The first-order valence-electron chi connectivity index (χ1n) is 6.43. The number of imidazole rings is 1. The fourth-order valence-corrected chi connectivity index (χ4v) is 2.65. The molecular weight excluding hydrogens is 280 g/mol. The van der Waals surface area contributed by atoms with Crippen molar-refractivity contribution in [3.8, 4) is 5.88 Å². The van der Waals surface area contributed by atoms with Crippen molar-refractivity contribution < 1.29 is 9.53 Å². The minimum atomic E-state index is -0.258. The van der Waals surface area contributed by atoms with E-state index in [1.165, 1.54) is 0 Å². The van der Waals surface area contributed by atoms with Gasteiger partial charge in [-0.05, 0) is 13.0 Å². The highest BCUT2D eigenvalue weighted by Crippen LogP contribution is 2.30. The SMILES string of the molecule is COc1ccc2nc(C(C)Cl)n(C3CNC(=O)C3)c2n1. The normalized spacial score (nSPS) is 20.1. The highest BCUT2D eigenvalue weighted by atomic mass is 35.5. The molecule has 0 bridgehead atoms. The molecule has 1 aliphatic rings. The van der Waals surface area contributed by atoms with Gasteiger partial charge in [0.1, 0.15) is 11.3 Å². The van der Waals surface area contributed by atoms with Crippen LogP contribution in [0, 0.1) is 0 Å². The number of carbonyl (C=O) groups is 1. The van der Waals surface area contributed by atoms with Gasteiger partial charge in [0, 0.05) is 19.0 Å². The lowest BCUT2D eigenvalue weighted by atomic mass is 10.2. The van der Waals surface area contributed by atoms with Gasteiger partial charge < -0.3 is 14.6 Å². The molecule has 3 heterocycles. The molecule has 1 N–H and O–H groups in total. The van der Waals surface area contributed by atoms with Gasteiger partial charge in [-0.15, -0.1) is 11.6 Å². The molecule has 20 heavy (non-hydrogen) atoms. The third-order valence-electron chi connectivity index (χ3n) is 3.42. The quantitative estimate of drug-likeness (QED) is 0.877. The van der Waals surface area contributed by atoms with E-state index in [0.717, 1.165) is 11.3 Å². The molecule has 1 fully saturated rings. The Kier molecular flexibility index (Phi) is 3.25. The number of pyridine rings is 1. The number of nitrogens with one attached hydrogen (secondary N) is 1. The molecule has 2 aromatic heterocycles. The van der Waals surface area contributed by atoms with Crippen LogP contribution in [0.25, 0.3) is 11.2 Å². The smallest absolute Gasteiger partial charge is 0.222 e. The van der Waals surface area contributed by atoms with Crippen LogP contribution in [-0.4, -0.2) is 34.1 Å². The van der Waals surface area contributed by atoms with E-state index in [1.807, 2.05) is 17.6 Å². The van der Waals surface area contributed by atoms with Gasteiger partial charge in [-0.3, -0.25) is 4.79 Å². The molecule has 1 amide bonds. The number of alkyl halides is 1. The Hall–Kier alpha value is -1.82. The molecule has 6 nitrogen and oxygen atoms in total. The lowest BCUT2D eigenvalue weighted by Crippen LogP contribution is -2.17. The summed E-state index contributed by atoms with van der Waals surface area (Å²) in [5.74, 6) is 1.28. The number of amides is 1. The van der Waals surface area contributed by atoms with Crippen LogP contribution >= 0.6 is 11.6 Å². The minimum Gasteiger partial charge on any atom is -0.481 e. The summed E-state index contributed by atoms with van der Waals surface area (Å²) in [7, 11) is 1.57. The molecular formula is C13H15ClN4O2. The third kappa shape index (κ3) is 2.10. The largest absolute Gasteiger partial charge is 0.481 e. The highest BCUT2D eigenvalue weighted by Gasteiger charge is 2.29. The monoisotopic (exact) mass is 294 g/mol. The van der Waals surface area contributed by atoms with Crippen molar-refractivity contribution in [2.75, 3.05) is 13.7 Å². The second-order valence-corrected chi connectivity index (χ2v) is 5.47. The lowest BCUT2D eigenvalue weighted by Gasteiger charge is -2.15. The second-order valence-electron chi connectivity index (χ2n) is 4.81. The predicted octanol–water partition coefficient (Wildman–Crippen LogP) is 1.80. The molecule has 1 saturated heterocycles. The number of methoxy groups -OCH3 is 1. The van der Waals surface area contributed by atoms with Crippen molar-refractivity contribution in [1.82, 2.24) is 19.9 Å². The standard InChI is InChI=1S/C13H15ClN4O2/c1-7(14)12-16-9-3-4-11(20-2)17-13(9)18(12)8-5-10(19)15-6-8/h3-4,7-8H,5-6H2,1-2H3,(H,15,19). The topological polar surface area (TPSA) is 69.0 Å². The first kappa shape index (κ1) is 13.2. The average Bonchev–Trinajstić information content (AvgIpc) is 3.00. The maximum atomic E-state index is 11.5. The van der Waals surface area contributed by atoms with Crippen molar-refractivity contribution in [3.05, 3.63) is 18.0 Å². The summed E-state index contributed by atoms with van der Waals surface area (Å²) in [4.78, 5) is 20.4. The number of hydrogen-bond acceptors (Lipinski definition) is 4. The molecule has 106 valence electrons. The molecule has 1 aliphatic heterocycles. The Balaban J connectivity index is 2.19. The van der Waals surface area contributed by atoms with Gasteiger partial charge in [0.25, 0.3) is 0 Å². The first-order valence-corrected chi connectivity index (χ1v) is 6.87. The Labute approximate surface area is 121 Å². The fourth-order valence-electron chi connectivity index (χ4n) is 2.50. The van der Waals surface area contributed by atoms with Crippen LogP contribution in [0.5, 0.6) is 5.88 Å². The van der Waals surface area contributed by atoms with Crippen LogP contribution in [0.1, 0.15) is 30.6 Å². The van der Waals surface area contributed by atoms with Gasteiger partial charge in [-0.2, -0.15) is 4.98 Å². The number of rotatable bonds is 3. The summed E-state index contributed by atoms with van der Waals surface area (Å²) < 4.78 is 7.11. The van der Waals surface area contributed by atoms with Crippen LogP contribution in [-0.2, 0) is 4.79 Å². The number of nitrogens with zero attached hydrogens (tertiary/aromatic N) is 3. The van der Waals surface area contributed by atoms with E-state index >= 15 is 0 Å². The zero-order valence-electron chi connectivity index (χ0n) is 11.3. The number of carbonyl (C=O) groups excluding carboxylic acids is 1. The molecule has 2 unspecified atom stereocenters. The summed E-state index contributed by atoms with van der Waals surface area (Å²) >= 11 is 6.22. The lowest BCUT2D eigenvalue weighted by molar-refractivity contribution is -0.119. The summed E-state index contributed by atoms with van der Waals surface area (Å²) in [5, 5.41) is 2.57. The third-order valence-corrected chi connectivity index (χ3v) is 3.62. The van der Waals surface area contributed by atoms with Gasteiger partial charge in [0.05, 0.1) is 18.5 Å². The second kappa shape index (κ2) is 4.94. The predicted molar refractivity (Wildman–Crippen MR) is 75.0 cm³/mol. The van der Waals surface area contributed by atoms with E-state index in [9.17, 15) is 4.79 Å². The van der Waals surface area contributed by atoms with Crippen LogP contribution < -0.4 is 10.1 Å². The van der Waals surface area contributed by atoms with Crippen molar-refractivity contribution in [3.63, 3.8) is 0 Å². The summed E-state index contributed by atoms with van der Waals surface area (Å²) in [6.07, 6.45) is 0.418. The summed E-state index contributed by atoms with van der Waals surface area (Å²) in [6.45, 7) is 2.43. The van der Waals surface area contributed by atoms with E-state index in [2.05, 4.69) is 15.3 Å². The Morgan fingerprint density at radius 2 is 2.30 bits per heavy atom. The maximum Gasteiger partial charge on any atom is 0.222 e. The van der Waals surface area contributed by atoms with E-state index in [4.69, 9.17) is 16.3 Å². The van der Waals surface area contributed by atoms with Gasteiger partial charge in [0.2, 0.25) is 11.8 Å². The number of halogens is 1. The number of hydrogen-bond donors (Lipinski definition) is 1. The molecule has 0 aliphatic carbocycles. The van der Waals surface area contributed by atoms with Gasteiger partial charge >= 0.3 is 0 Å². The number of ether oxygens (including phenoxy) is 1. The van der Waals surface area contributed by atoms with Crippen molar-refractivity contribution in [1.29, 1.82) is 0 Å². The maximum absolute atomic E-state index is 11.5. The van der Waals surface area contributed by atoms with E-state index < -0.39 is 0 Å². The van der Waals surface area contributed by atoms with E-state index in [0.29, 0.717) is 24.5 Å². The molecule has 3 rings (SSSR count). The molecule has 0 radical (unpaired) electrons. The van der Waals surface area contributed by atoms with Crippen molar-refractivity contribution >= 4 is 28.7 Å². The molecule has 0 saturated carbocycles. The van der Waals surface area contributed by atoms with Gasteiger partial charge in [0.15, 0.2) is 5.65 Å². The van der Waals surface area contributed by atoms with Crippen molar-refractivity contribution in [2.24, 2.45) is 0 Å². The average molecular weight is 295 g/mol. The molecule has 2 atom stereocenters. The highest BCUT2D eigenvalue weighted by molar-refractivity contribution is 6.20. The Bertz CT molecular complexity index is 668. The fraction of sp³-hybridized carbons (Fsp3) is 0.462. The molecule has 0 spiro atoms. The zero-order valence-corrected chi connectivity index (χ0v) is 12.0. The molecule has 2 aromatic rings. The summed E-state index contributed by atoms with van der Waals surface area (Å²) in [5.41, 5.74) is 1.46. The zero-order chi connectivity index (χ0) is 14.3. The van der Waals surface area contributed by atoms with Crippen LogP contribution in [0.2, 0.25) is 0 Å². The number of aromatic nitrogens is 3. The Morgan fingerprint density at radius 3 is 2.90 bits per heavy atom.